The van der Waals surface area contributed by atoms with Gasteiger partial charge in [0.1, 0.15) is 0 Å². The number of rotatable bonds is 6. The highest BCUT2D eigenvalue weighted by Crippen LogP contribution is 2.24. The number of para-hydroxylation sites is 2. The summed E-state index contributed by atoms with van der Waals surface area (Å²) < 4.78 is 0. The van der Waals surface area contributed by atoms with Crippen LogP contribution >= 0.6 is 0 Å². The third-order valence-electron chi connectivity index (χ3n) is 3.46. The molecule has 3 amide bonds. The Balaban J connectivity index is 2.68. The molecule has 0 aromatic heterocycles. The Morgan fingerprint density at radius 2 is 1.83 bits per heavy atom. The molecule has 4 N–H and O–H groups in total. The average molecular weight is 320 g/mol. The van der Waals surface area contributed by atoms with Crippen molar-refractivity contribution >= 4 is 29.1 Å². The number of amides is 3. The molecule has 0 saturated heterocycles. The molecular formula is C16H24N4O3. The Bertz CT molecular complexity index is 586. The van der Waals surface area contributed by atoms with Crippen LogP contribution in [0, 0.1) is 5.92 Å². The lowest BCUT2D eigenvalue weighted by Gasteiger charge is -2.19. The van der Waals surface area contributed by atoms with Gasteiger partial charge in [-0.1, -0.05) is 26.0 Å². The maximum atomic E-state index is 12.0. The highest BCUT2D eigenvalue weighted by Gasteiger charge is 2.18. The second-order valence-corrected chi connectivity index (χ2v) is 5.63. The molecule has 1 atom stereocenters. The number of nitrogens with one attached hydrogen (secondary N) is 2. The van der Waals surface area contributed by atoms with Crippen LogP contribution in [0.1, 0.15) is 20.8 Å². The molecule has 0 unspecified atom stereocenters. The van der Waals surface area contributed by atoms with Crippen molar-refractivity contribution in [3.05, 3.63) is 24.3 Å². The quantitative estimate of drug-likeness (QED) is 0.718. The van der Waals surface area contributed by atoms with Crippen LogP contribution in [0.15, 0.2) is 24.3 Å². The summed E-state index contributed by atoms with van der Waals surface area (Å²) in [7, 11) is 1.62. The van der Waals surface area contributed by atoms with Crippen LogP contribution in [0.2, 0.25) is 0 Å². The summed E-state index contributed by atoms with van der Waals surface area (Å²) in [5, 5.41) is 5.18. The molecule has 7 nitrogen and oxygen atoms in total. The number of nitrogens with zero attached hydrogens (tertiary/aromatic N) is 1. The van der Waals surface area contributed by atoms with E-state index in [1.165, 1.54) is 11.8 Å². The molecule has 0 aliphatic rings. The van der Waals surface area contributed by atoms with Crippen LogP contribution in [0.4, 0.5) is 11.4 Å². The Morgan fingerprint density at radius 3 is 2.39 bits per heavy atom. The maximum absolute atomic E-state index is 12.0. The molecule has 0 aliphatic carbocycles. The van der Waals surface area contributed by atoms with Crippen molar-refractivity contribution in [3.8, 4) is 0 Å². The van der Waals surface area contributed by atoms with Crippen molar-refractivity contribution in [1.82, 2.24) is 5.32 Å². The van der Waals surface area contributed by atoms with Gasteiger partial charge >= 0.3 is 0 Å². The molecule has 0 fully saturated rings. The van der Waals surface area contributed by atoms with Gasteiger partial charge in [0.2, 0.25) is 17.7 Å². The van der Waals surface area contributed by atoms with Gasteiger partial charge in [0.25, 0.3) is 0 Å². The van der Waals surface area contributed by atoms with Crippen molar-refractivity contribution in [1.29, 1.82) is 0 Å². The summed E-state index contributed by atoms with van der Waals surface area (Å²) in [6.45, 7) is 4.92. The predicted octanol–water partition coefficient (Wildman–Crippen LogP) is 0.707. The summed E-state index contributed by atoms with van der Waals surface area (Å²) in [5.41, 5.74) is 6.79. The third-order valence-corrected chi connectivity index (χ3v) is 3.46. The second kappa shape index (κ2) is 8.28. The zero-order chi connectivity index (χ0) is 17.6. The van der Waals surface area contributed by atoms with Gasteiger partial charge in [-0.3, -0.25) is 14.4 Å². The van der Waals surface area contributed by atoms with Gasteiger partial charge in [0.15, 0.2) is 0 Å². The lowest BCUT2D eigenvalue weighted by atomic mass is 10.1. The van der Waals surface area contributed by atoms with Gasteiger partial charge in [-0.2, -0.15) is 0 Å². The van der Waals surface area contributed by atoms with E-state index in [4.69, 9.17) is 5.73 Å². The fourth-order valence-corrected chi connectivity index (χ4v) is 1.82. The highest BCUT2D eigenvalue weighted by molar-refractivity contribution is 6.01. The van der Waals surface area contributed by atoms with E-state index in [9.17, 15) is 14.4 Å². The molecule has 23 heavy (non-hydrogen) atoms. The summed E-state index contributed by atoms with van der Waals surface area (Å²) in [4.78, 5) is 36.6. The van der Waals surface area contributed by atoms with E-state index in [2.05, 4.69) is 10.6 Å². The molecule has 7 heteroatoms. The number of carbonyl (C=O) groups excluding carboxylic acids is 3. The molecule has 0 spiro atoms. The summed E-state index contributed by atoms with van der Waals surface area (Å²) in [6.07, 6.45) is 0. The van der Waals surface area contributed by atoms with Crippen LogP contribution in [-0.2, 0) is 14.4 Å². The SMILES string of the molecule is CC(=O)N(C)c1ccccc1NC(=O)CNC(=O)[C@@H](N)C(C)C. The van der Waals surface area contributed by atoms with Crippen LogP contribution in [0.5, 0.6) is 0 Å². The topological polar surface area (TPSA) is 105 Å². The average Bonchev–Trinajstić information content (AvgIpc) is 2.51. The van der Waals surface area contributed by atoms with E-state index < -0.39 is 11.9 Å². The molecule has 1 aromatic rings. The minimum atomic E-state index is -0.654. The van der Waals surface area contributed by atoms with E-state index in [0.717, 1.165) is 0 Å². The summed E-state index contributed by atoms with van der Waals surface area (Å²) in [6, 6.07) is 6.28. The molecule has 126 valence electrons. The van der Waals surface area contributed by atoms with Gasteiger partial charge in [-0.25, -0.2) is 0 Å². The fourth-order valence-electron chi connectivity index (χ4n) is 1.82. The Morgan fingerprint density at radius 1 is 1.22 bits per heavy atom. The molecule has 0 bridgehead atoms. The van der Waals surface area contributed by atoms with E-state index in [1.54, 1.807) is 31.3 Å². The first-order valence-electron chi connectivity index (χ1n) is 7.40. The molecule has 0 radical (unpaired) electrons. The number of hydrogen-bond donors (Lipinski definition) is 3. The second-order valence-electron chi connectivity index (χ2n) is 5.63. The number of benzene rings is 1. The number of carbonyl (C=O) groups is 3. The van der Waals surface area contributed by atoms with Gasteiger partial charge in [0, 0.05) is 14.0 Å². The lowest BCUT2D eigenvalue weighted by Crippen LogP contribution is -2.46. The van der Waals surface area contributed by atoms with Crippen molar-refractivity contribution in [2.45, 2.75) is 26.8 Å². The molecule has 0 heterocycles. The molecule has 0 aliphatic heterocycles. The highest BCUT2D eigenvalue weighted by atomic mass is 16.2. The van der Waals surface area contributed by atoms with Crippen LogP contribution in [0.3, 0.4) is 0 Å². The first-order valence-corrected chi connectivity index (χ1v) is 7.40. The molecule has 1 aromatic carbocycles. The normalized spacial score (nSPS) is 11.7. The Hall–Kier alpha value is -2.41. The smallest absolute Gasteiger partial charge is 0.243 e. The molecular weight excluding hydrogens is 296 g/mol. The van der Waals surface area contributed by atoms with Crippen molar-refractivity contribution in [2.75, 3.05) is 23.8 Å². The maximum Gasteiger partial charge on any atom is 0.243 e. The Labute approximate surface area is 136 Å². The van der Waals surface area contributed by atoms with E-state index >= 15 is 0 Å². The summed E-state index contributed by atoms with van der Waals surface area (Å²) in [5.74, 6) is -0.922. The lowest BCUT2D eigenvalue weighted by molar-refractivity contribution is -0.125. The minimum absolute atomic E-state index is 0.0111. The van der Waals surface area contributed by atoms with Crippen molar-refractivity contribution in [3.63, 3.8) is 0 Å². The number of hydrogen-bond acceptors (Lipinski definition) is 4. The van der Waals surface area contributed by atoms with Gasteiger partial charge in [-0.05, 0) is 18.1 Å². The molecule has 0 saturated carbocycles. The first-order chi connectivity index (χ1) is 10.7. The zero-order valence-corrected chi connectivity index (χ0v) is 13.9. The van der Waals surface area contributed by atoms with Crippen LogP contribution < -0.4 is 21.3 Å². The van der Waals surface area contributed by atoms with Crippen LogP contribution in [0.25, 0.3) is 0 Å². The minimum Gasteiger partial charge on any atom is -0.346 e. The van der Waals surface area contributed by atoms with Gasteiger partial charge in [-0.15, -0.1) is 0 Å². The van der Waals surface area contributed by atoms with E-state index in [-0.39, 0.29) is 24.3 Å². The zero-order valence-electron chi connectivity index (χ0n) is 13.9. The fraction of sp³-hybridized carbons (Fsp3) is 0.438. The Kier molecular flexibility index (Phi) is 6.71. The van der Waals surface area contributed by atoms with Crippen LogP contribution in [-0.4, -0.2) is 37.4 Å². The molecule has 1 rings (SSSR count). The van der Waals surface area contributed by atoms with E-state index in [0.29, 0.717) is 11.4 Å². The van der Waals surface area contributed by atoms with E-state index in [1.807, 2.05) is 13.8 Å². The van der Waals surface area contributed by atoms with Gasteiger partial charge in [0.05, 0.1) is 24.0 Å². The number of anilines is 2. The van der Waals surface area contributed by atoms with Crippen molar-refractivity contribution < 1.29 is 14.4 Å². The first kappa shape index (κ1) is 18.6. The largest absolute Gasteiger partial charge is 0.346 e. The van der Waals surface area contributed by atoms with Crippen molar-refractivity contribution in [2.24, 2.45) is 11.7 Å². The summed E-state index contributed by atoms with van der Waals surface area (Å²) >= 11 is 0. The standard InChI is InChI=1S/C16H24N4O3/c1-10(2)15(17)16(23)18-9-14(22)19-12-7-5-6-8-13(12)20(4)11(3)21/h5-8,10,15H,9,17H2,1-4H3,(H,18,23)(H,19,22)/t15-/m0/s1. The number of nitrogens with two attached hydrogens (primary N) is 1. The predicted molar refractivity (Wildman–Crippen MR) is 90.0 cm³/mol. The third kappa shape index (κ3) is 5.37. The monoisotopic (exact) mass is 320 g/mol. The van der Waals surface area contributed by atoms with Gasteiger partial charge < -0.3 is 21.3 Å².